The van der Waals surface area contributed by atoms with E-state index in [9.17, 15) is 0 Å². The van der Waals surface area contributed by atoms with Crippen LogP contribution < -0.4 is 9.47 Å². The van der Waals surface area contributed by atoms with Crippen LogP contribution in [0, 0.1) is 0 Å². The molecule has 0 bridgehead atoms. The zero-order valence-corrected chi connectivity index (χ0v) is 21.1. The standard InChI is InChI=1S/C27H33NO2.C2H2O4/c1-28(20-18-22-16-17-26(29-2)27(21-22)30-3)19-10-15-25(23-11-6-4-7-12-23)24-13-8-5-9-14-24;3-1(4)2(5)6/h4-9,11-14,16-17,21,25H,10,15,18-20H2,1-3H3;(H,3,4)(H,5,6). The zero-order chi connectivity index (χ0) is 26.3. The number of nitrogens with zero attached hydrogens (tertiary/aromatic N) is 1. The Balaban J connectivity index is 0.000000678. The van der Waals surface area contributed by atoms with Crippen LogP contribution in [0.25, 0.3) is 0 Å². The molecule has 36 heavy (non-hydrogen) atoms. The molecule has 0 atom stereocenters. The fourth-order valence-corrected chi connectivity index (χ4v) is 3.93. The Morgan fingerprint density at radius 1 is 0.778 bits per heavy atom. The smallest absolute Gasteiger partial charge is 0.414 e. The van der Waals surface area contributed by atoms with Crippen molar-refractivity contribution in [1.82, 2.24) is 4.90 Å². The molecule has 0 aliphatic heterocycles. The Morgan fingerprint density at radius 3 is 1.78 bits per heavy atom. The zero-order valence-electron chi connectivity index (χ0n) is 21.1. The van der Waals surface area contributed by atoms with E-state index in [2.05, 4.69) is 84.7 Å². The van der Waals surface area contributed by atoms with Crippen LogP contribution in [0.1, 0.15) is 35.4 Å². The van der Waals surface area contributed by atoms with Crippen molar-refractivity contribution >= 4 is 11.9 Å². The maximum Gasteiger partial charge on any atom is 0.414 e. The third-order valence-electron chi connectivity index (χ3n) is 5.85. The fourth-order valence-electron chi connectivity index (χ4n) is 3.93. The summed E-state index contributed by atoms with van der Waals surface area (Å²) in [4.78, 5) is 20.6. The van der Waals surface area contributed by atoms with E-state index < -0.39 is 11.9 Å². The van der Waals surface area contributed by atoms with Crippen LogP contribution in [0.3, 0.4) is 0 Å². The number of aliphatic carboxylic acids is 2. The van der Waals surface area contributed by atoms with Gasteiger partial charge in [0.1, 0.15) is 0 Å². The van der Waals surface area contributed by atoms with Crippen LogP contribution >= 0.6 is 0 Å². The maximum absolute atomic E-state index is 9.10. The van der Waals surface area contributed by atoms with Crippen molar-refractivity contribution < 1.29 is 29.3 Å². The van der Waals surface area contributed by atoms with Gasteiger partial charge in [-0.05, 0) is 61.7 Å². The van der Waals surface area contributed by atoms with E-state index in [0.717, 1.165) is 43.9 Å². The van der Waals surface area contributed by atoms with Crippen LogP contribution in [0.4, 0.5) is 0 Å². The largest absolute Gasteiger partial charge is 0.493 e. The second-order valence-corrected chi connectivity index (χ2v) is 8.37. The quantitative estimate of drug-likeness (QED) is 0.365. The number of likely N-dealkylation sites (N-methyl/N-ethyl adjacent to an activating group) is 1. The van der Waals surface area contributed by atoms with Gasteiger partial charge in [0.05, 0.1) is 14.2 Å². The van der Waals surface area contributed by atoms with Crippen molar-refractivity contribution in [3.63, 3.8) is 0 Å². The topological polar surface area (TPSA) is 96.3 Å². The normalized spacial score (nSPS) is 10.5. The average Bonchev–Trinajstić information content (AvgIpc) is 2.91. The number of benzene rings is 3. The van der Waals surface area contributed by atoms with Crippen LogP contribution in [-0.2, 0) is 16.0 Å². The number of hydrogen-bond acceptors (Lipinski definition) is 5. The van der Waals surface area contributed by atoms with E-state index in [1.54, 1.807) is 14.2 Å². The third kappa shape index (κ3) is 9.43. The molecule has 2 N–H and O–H groups in total. The molecule has 3 rings (SSSR count). The molecule has 7 nitrogen and oxygen atoms in total. The lowest BCUT2D eigenvalue weighted by Crippen LogP contribution is -2.23. The Labute approximate surface area is 212 Å². The highest BCUT2D eigenvalue weighted by Gasteiger charge is 2.14. The van der Waals surface area contributed by atoms with Gasteiger partial charge >= 0.3 is 11.9 Å². The molecule has 0 aliphatic rings. The minimum atomic E-state index is -1.82. The highest BCUT2D eigenvalue weighted by molar-refractivity contribution is 6.27. The molecule has 0 heterocycles. The van der Waals surface area contributed by atoms with Gasteiger partial charge < -0.3 is 24.6 Å². The molecule has 0 amide bonds. The average molecular weight is 494 g/mol. The van der Waals surface area contributed by atoms with E-state index >= 15 is 0 Å². The number of carboxylic acid groups (broad SMARTS) is 2. The van der Waals surface area contributed by atoms with Crippen LogP contribution in [-0.4, -0.2) is 61.4 Å². The van der Waals surface area contributed by atoms with Gasteiger partial charge in [0, 0.05) is 12.5 Å². The van der Waals surface area contributed by atoms with Gasteiger partial charge in [0.2, 0.25) is 0 Å². The first-order chi connectivity index (χ1) is 17.3. The van der Waals surface area contributed by atoms with Crippen molar-refractivity contribution in [1.29, 1.82) is 0 Å². The van der Waals surface area contributed by atoms with E-state index in [1.165, 1.54) is 16.7 Å². The lowest BCUT2D eigenvalue weighted by molar-refractivity contribution is -0.159. The Hall–Kier alpha value is -3.84. The molecule has 3 aromatic carbocycles. The molecular weight excluding hydrogens is 458 g/mol. The van der Waals surface area contributed by atoms with Crippen molar-refractivity contribution in [2.45, 2.75) is 25.2 Å². The van der Waals surface area contributed by atoms with Gasteiger partial charge in [0.25, 0.3) is 0 Å². The summed E-state index contributed by atoms with van der Waals surface area (Å²) in [5.74, 6) is -1.62. The predicted molar refractivity (Wildman–Crippen MR) is 140 cm³/mol. The van der Waals surface area contributed by atoms with E-state index in [0.29, 0.717) is 5.92 Å². The van der Waals surface area contributed by atoms with E-state index in [-0.39, 0.29) is 0 Å². The van der Waals surface area contributed by atoms with Crippen molar-refractivity contribution in [3.8, 4) is 11.5 Å². The fraction of sp³-hybridized carbons (Fsp3) is 0.310. The lowest BCUT2D eigenvalue weighted by atomic mass is 9.87. The summed E-state index contributed by atoms with van der Waals surface area (Å²) in [6, 6.07) is 27.9. The molecule has 0 aromatic heterocycles. The molecule has 0 fully saturated rings. The predicted octanol–water partition coefficient (Wildman–Crippen LogP) is 4.95. The Kier molecular flexibility index (Phi) is 12.0. The summed E-state index contributed by atoms with van der Waals surface area (Å²) in [5.41, 5.74) is 4.07. The van der Waals surface area contributed by atoms with Crippen molar-refractivity contribution in [2.75, 3.05) is 34.4 Å². The van der Waals surface area contributed by atoms with Gasteiger partial charge in [-0.3, -0.25) is 0 Å². The summed E-state index contributed by atoms with van der Waals surface area (Å²) < 4.78 is 10.8. The summed E-state index contributed by atoms with van der Waals surface area (Å²) in [5, 5.41) is 14.8. The molecule has 0 aliphatic carbocycles. The van der Waals surface area contributed by atoms with Crippen LogP contribution in [0.2, 0.25) is 0 Å². The highest BCUT2D eigenvalue weighted by Crippen LogP contribution is 2.29. The minimum absolute atomic E-state index is 0.451. The second-order valence-electron chi connectivity index (χ2n) is 8.37. The second kappa shape index (κ2) is 15.2. The lowest BCUT2D eigenvalue weighted by Gasteiger charge is -2.21. The van der Waals surface area contributed by atoms with Gasteiger partial charge in [-0.15, -0.1) is 0 Å². The first kappa shape index (κ1) is 28.4. The van der Waals surface area contributed by atoms with Crippen molar-refractivity contribution in [3.05, 3.63) is 95.6 Å². The SMILES string of the molecule is COc1ccc(CCN(C)CCCC(c2ccccc2)c2ccccc2)cc1OC.O=C(O)C(=O)O. The Bertz CT molecular complexity index is 1020. The number of carboxylic acids is 2. The molecule has 0 spiro atoms. The molecule has 7 heteroatoms. The number of rotatable bonds is 11. The molecule has 3 aromatic rings. The summed E-state index contributed by atoms with van der Waals surface area (Å²) in [6.07, 6.45) is 3.31. The van der Waals surface area contributed by atoms with E-state index in [1.807, 2.05) is 6.07 Å². The molecule has 0 unspecified atom stereocenters. The molecule has 0 saturated heterocycles. The first-order valence-electron chi connectivity index (χ1n) is 11.8. The Morgan fingerprint density at radius 2 is 1.31 bits per heavy atom. The van der Waals surface area contributed by atoms with Gasteiger partial charge in [-0.1, -0.05) is 66.7 Å². The molecule has 0 saturated carbocycles. The van der Waals surface area contributed by atoms with Gasteiger partial charge in [0.15, 0.2) is 11.5 Å². The maximum atomic E-state index is 9.10. The number of methoxy groups -OCH3 is 2. The summed E-state index contributed by atoms with van der Waals surface area (Å²) >= 11 is 0. The number of carbonyl (C=O) groups is 2. The highest BCUT2D eigenvalue weighted by atomic mass is 16.5. The van der Waals surface area contributed by atoms with Crippen LogP contribution in [0.15, 0.2) is 78.9 Å². The molecule has 0 radical (unpaired) electrons. The monoisotopic (exact) mass is 493 g/mol. The third-order valence-corrected chi connectivity index (χ3v) is 5.85. The summed E-state index contributed by atoms with van der Waals surface area (Å²) in [6.45, 7) is 2.11. The van der Waals surface area contributed by atoms with Gasteiger partial charge in [-0.2, -0.15) is 0 Å². The number of hydrogen-bond donors (Lipinski definition) is 2. The summed E-state index contributed by atoms with van der Waals surface area (Å²) in [7, 11) is 5.56. The molecule has 192 valence electrons. The van der Waals surface area contributed by atoms with Crippen molar-refractivity contribution in [2.24, 2.45) is 0 Å². The minimum Gasteiger partial charge on any atom is -0.493 e. The molecular formula is C29H35NO6. The van der Waals surface area contributed by atoms with Crippen LogP contribution in [0.5, 0.6) is 11.5 Å². The van der Waals surface area contributed by atoms with Gasteiger partial charge in [-0.25, -0.2) is 9.59 Å². The van der Waals surface area contributed by atoms with E-state index in [4.69, 9.17) is 29.3 Å². The number of ether oxygens (including phenoxy) is 2. The first-order valence-corrected chi connectivity index (χ1v) is 11.8.